The number of morpholine rings is 1. The maximum Gasteiger partial charge on any atom is 0.329 e. The predicted molar refractivity (Wildman–Crippen MR) is 105 cm³/mol. The molecule has 4 heteroatoms. The third-order valence-electron chi connectivity index (χ3n) is 4.77. The number of benzene rings is 2. The molecule has 0 unspecified atom stereocenters. The number of carbonyl (C=O) groups is 1. The Kier molecular flexibility index (Phi) is 4.59. The van der Waals surface area contributed by atoms with Crippen LogP contribution in [0.25, 0.3) is 22.6 Å². The van der Waals surface area contributed by atoms with Gasteiger partial charge in [0.1, 0.15) is 0 Å². The van der Waals surface area contributed by atoms with Gasteiger partial charge in [0, 0.05) is 18.5 Å². The summed E-state index contributed by atoms with van der Waals surface area (Å²) in [7, 11) is 0. The van der Waals surface area contributed by atoms with Gasteiger partial charge in [-0.15, -0.1) is 0 Å². The van der Waals surface area contributed by atoms with Gasteiger partial charge in [-0.25, -0.2) is 4.79 Å². The molecular formula is C22H22N2O2. The van der Waals surface area contributed by atoms with Crippen molar-refractivity contribution in [3.05, 3.63) is 71.9 Å². The molecule has 0 spiro atoms. The average molecular weight is 346 g/mol. The highest BCUT2D eigenvalue weighted by Gasteiger charge is 2.23. The zero-order chi connectivity index (χ0) is 17.9. The Morgan fingerprint density at radius 2 is 1.69 bits per heavy atom. The molecule has 3 aromatic rings. The Bertz CT molecular complexity index is 951. The van der Waals surface area contributed by atoms with Crippen molar-refractivity contribution in [2.45, 2.75) is 6.92 Å². The molecule has 4 rings (SSSR count). The van der Waals surface area contributed by atoms with Crippen molar-refractivity contribution in [3.8, 4) is 0 Å². The Balaban J connectivity index is 1.81. The lowest BCUT2D eigenvalue weighted by molar-refractivity contribution is 0.0537. The Hall–Kier alpha value is -2.85. The van der Waals surface area contributed by atoms with E-state index < -0.39 is 0 Å². The first kappa shape index (κ1) is 16.6. The normalized spacial score (nSPS) is 15.4. The first-order valence-electron chi connectivity index (χ1n) is 8.95. The minimum absolute atomic E-state index is 0.0188. The second-order valence-corrected chi connectivity index (χ2v) is 6.54. The largest absolute Gasteiger partial charge is 0.378 e. The molecule has 4 nitrogen and oxygen atoms in total. The third-order valence-corrected chi connectivity index (χ3v) is 4.77. The fraction of sp³-hybridized carbons (Fsp3) is 0.227. The van der Waals surface area contributed by atoms with Gasteiger partial charge >= 0.3 is 6.03 Å². The molecule has 1 aliphatic heterocycles. The summed E-state index contributed by atoms with van der Waals surface area (Å²) < 4.78 is 7.24. The van der Waals surface area contributed by atoms with E-state index in [4.69, 9.17) is 4.74 Å². The molecule has 132 valence electrons. The summed E-state index contributed by atoms with van der Waals surface area (Å²) in [5, 5.41) is 1.07. The van der Waals surface area contributed by atoms with Crippen LogP contribution in [-0.2, 0) is 4.74 Å². The zero-order valence-electron chi connectivity index (χ0n) is 14.9. The molecule has 0 radical (unpaired) electrons. The van der Waals surface area contributed by atoms with Gasteiger partial charge in [0.2, 0.25) is 0 Å². The van der Waals surface area contributed by atoms with Crippen LogP contribution in [0.2, 0.25) is 0 Å². The van der Waals surface area contributed by atoms with Gasteiger partial charge < -0.3 is 9.64 Å². The smallest absolute Gasteiger partial charge is 0.329 e. The van der Waals surface area contributed by atoms with Crippen molar-refractivity contribution in [1.29, 1.82) is 0 Å². The molecule has 0 saturated carbocycles. The molecule has 0 aliphatic carbocycles. The summed E-state index contributed by atoms with van der Waals surface area (Å²) in [6, 6.07) is 20.3. The van der Waals surface area contributed by atoms with Crippen LogP contribution in [0.4, 0.5) is 4.79 Å². The van der Waals surface area contributed by atoms with E-state index in [9.17, 15) is 4.79 Å². The van der Waals surface area contributed by atoms with Crippen molar-refractivity contribution in [3.63, 3.8) is 0 Å². The third kappa shape index (κ3) is 3.16. The van der Waals surface area contributed by atoms with Crippen LogP contribution in [0, 0.1) is 0 Å². The molecule has 0 N–H and O–H groups in total. The highest BCUT2D eigenvalue weighted by molar-refractivity contribution is 5.98. The van der Waals surface area contributed by atoms with E-state index in [0.717, 1.165) is 27.7 Å². The zero-order valence-corrected chi connectivity index (χ0v) is 14.9. The quantitative estimate of drug-likeness (QED) is 0.684. The van der Waals surface area contributed by atoms with E-state index >= 15 is 0 Å². The molecule has 26 heavy (non-hydrogen) atoms. The van der Waals surface area contributed by atoms with Gasteiger partial charge in [0.25, 0.3) is 0 Å². The SMILES string of the molecule is C/C(=C\c1ccccc1)c1cc2ccccc2n1C(=O)N1CCOCC1. The molecule has 1 aliphatic rings. The number of nitrogens with zero attached hydrogens (tertiary/aromatic N) is 2. The molecule has 1 saturated heterocycles. The van der Waals surface area contributed by atoms with Crippen molar-refractivity contribution in [2.75, 3.05) is 26.3 Å². The molecule has 2 heterocycles. The Labute approximate surface area is 153 Å². The van der Waals surface area contributed by atoms with E-state index in [-0.39, 0.29) is 6.03 Å². The first-order valence-corrected chi connectivity index (χ1v) is 8.95. The summed E-state index contributed by atoms with van der Waals surface area (Å²) in [6.07, 6.45) is 2.12. The van der Waals surface area contributed by atoms with Crippen molar-refractivity contribution >= 4 is 28.6 Å². The number of allylic oxidation sites excluding steroid dienone is 1. The average Bonchev–Trinajstić information content (AvgIpc) is 3.08. The lowest BCUT2D eigenvalue weighted by Gasteiger charge is -2.28. The number of hydrogen-bond donors (Lipinski definition) is 0. The van der Waals surface area contributed by atoms with Crippen LogP contribution in [0.1, 0.15) is 18.2 Å². The summed E-state index contributed by atoms with van der Waals surface area (Å²) >= 11 is 0. The number of amides is 1. The maximum absolute atomic E-state index is 13.3. The van der Waals surface area contributed by atoms with Crippen molar-refractivity contribution < 1.29 is 9.53 Å². The van der Waals surface area contributed by atoms with E-state index in [0.29, 0.717) is 26.3 Å². The molecular weight excluding hydrogens is 324 g/mol. The summed E-state index contributed by atoms with van der Waals surface area (Å²) in [5.74, 6) is 0. The second kappa shape index (κ2) is 7.18. The van der Waals surface area contributed by atoms with Gasteiger partial charge in [-0.3, -0.25) is 4.57 Å². The summed E-state index contributed by atoms with van der Waals surface area (Å²) in [4.78, 5) is 15.1. The number of fused-ring (bicyclic) bond motifs is 1. The molecule has 0 atom stereocenters. The van der Waals surface area contributed by atoms with Crippen LogP contribution in [0.3, 0.4) is 0 Å². The first-order chi connectivity index (χ1) is 12.7. The predicted octanol–water partition coefficient (Wildman–Crippen LogP) is 4.50. The monoisotopic (exact) mass is 346 g/mol. The van der Waals surface area contributed by atoms with Gasteiger partial charge in [0.05, 0.1) is 24.4 Å². The van der Waals surface area contributed by atoms with Crippen molar-refractivity contribution in [1.82, 2.24) is 9.47 Å². The molecule has 0 bridgehead atoms. The minimum Gasteiger partial charge on any atom is -0.378 e. The van der Waals surface area contributed by atoms with E-state index in [2.05, 4.69) is 37.3 Å². The number of ether oxygens (including phenoxy) is 1. The maximum atomic E-state index is 13.3. The lowest BCUT2D eigenvalue weighted by Crippen LogP contribution is -2.43. The Morgan fingerprint density at radius 3 is 2.46 bits per heavy atom. The van der Waals surface area contributed by atoms with Crippen LogP contribution >= 0.6 is 0 Å². The highest BCUT2D eigenvalue weighted by atomic mass is 16.5. The number of rotatable bonds is 2. The summed E-state index contributed by atoms with van der Waals surface area (Å²) in [5.41, 5.74) is 4.07. The Morgan fingerprint density at radius 1 is 1.00 bits per heavy atom. The van der Waals surface area contributed by atoms with E-state index in [1.165, 1.54) is 0 Å². The van der Waals surface area contributed by atoms with Crippen LogP contribution < -0.4 is 0 Å². The lowest BCUT2D eigenvalue weighted by atomic mass is 10.1. The van der Waals surface area contributed by atoms with Gasteiger partial charge in [-0.1, -0.05) is 48.5 Å². The molecule has 1 amide bonds. The van der Waals surface area contributed by atoms with Gasteiger partial charge in [-0.05, 0) is 36.3 Å². The van der Waals surface area contributed by atoms with Gasteiger partial charge in [-0.2, -0.15) is 0 Å². The topological polar surface area (TPSA) is 34.5 Å². The number of aromatic nitrogens is 1. The fourth-order valence-corrected chi connectivity index (χ4v) is 3.42. The van der Waals surface area contributed by atoms with Crippen LogP contribution in [0.15, 0.2) is 60.7 Å². The minimum atomic E-state index is 0.0188. The van der Waals surface area contributed by atoms with Gasteiger partial charge in [0.15, 0.2) is 0 Å². The molecule has 2 aromatic carbocycles. The molecule has 1 aromatic heterocycles. The molecule has 1 fully saturated rings. The van der Waals surface area contributed by atoms with Crippen LogP contribution in [-0.4, -0.2) is 41.8 Å². The second-order valence-electron chi connectivity index (χ2n) is 6.54. The van der Waals surface area contributed by atoms with Crippen LogP contribution in [0.5, 0.6) is 0 Å². The summed E-state index contributed by atoms with van der Waals surface area (Å²) in [6.45, 7) is 4.51. The highest BCUT2D eigenvalue weighted by Crippen LogP contribution is 2.27. The fourth-order valence-electron chi connectivity index (χ4n) is 3.42. The number of para-hydroxylation sites is 1. The number of hydrogen-bond acceptors (Lipinski definition) is 2. The standard InChI is InChI=1S/C22H22N2O2/c1-17(15-18-7-3-2-4-8-18)21-16-19-9-5-6-10-20(19)24(21)22(25)23-11-13-26-14-12-23/h2-10,15-16H,11-14H2,1H3/b17-15+. The van der Waals surface area contributed by atoms with E-state index in [1.54, 1.807) is 0 Å². The number of carbonyl (C=O) groups excluding carboxylic acids is 1. The van der Waals surface area contributed by atoms with Crippen molar-refractivity contribution in [2.24, 2.45) is 0 Å². The van der Waals surface area contributed by atoms with E-state index in [1.807, 2.05) is 45.9 Å².